The molecule has 0 atom stereocenters. The van der Waals surface area contributed by atoms with Crippen LogP contribution >= 0.6 is 21.6 Å². The maximum absolute atomic E-state index is 9.07. The number of aromatic hydroxyl groups is 1. The molecule has 3 heteroatoms. The molecule has 1 aromatic rings. The molecular weight excluding hydrogens is 188 g/mol. The smallest absolute Gasteiger partial charge is 0.115 e. The first kappa shape index (κ1) is 8.08. The van der Waals surface area contributed by atoms with E-state index >= 15 is 0 Å². The second kappa shape index (κ2) is 3.46. The van der Waals surface area contributed by atoms with Crippen LogP contribution in [-0.4, -0.2) is 10.9 Å². The van der Waals surface area contributed by atoms with Crippen LogP contribution in [0.3, 0.4) is 0 Å². The van der Waals surface area contributed by atoms with Crippen molar-refractivity contribution in [1.29, 1.82) is 0 Å². The van der Waals surface area contributed by atoms with Gasteiger partial charge in [-0.3, -0.25) is 0 Å². The van der Waals surface area contributed by atoms with Crippen molar-refractivity contribution in [2.75, 3.05) is 5.75 Å². The largest absolute Gasteiger partial charge is 0.508 e. The van der Waals surface area contributed by atoms with E-state index in [9.17, 15) is 0 Å². The molecule has 1 N–H and O–H groups in total. The number of rotatable bonds is 1. The lowest BCUT2D eigenvalue weighted by atomic mass is 10.2. The lowest BCUT2D eigenvalue weighted by Gasteiger charge is -1.99. The Bertz CT molecular complexity index is 303. The maximum Gasteiger partial charge on any atom is 0.115 e. The summed E-state index contributed by atoms with van der Waals surface area (Å²) in [5.74, 6) is 1.41. The first-order valence-electron chi connectivity index (χ1n) is 3.65. The molecule has 12 heavy (non-hydrogen) atoms. The Morgan fingerprint density at radius 3 is 2.50 bits per heavy atom. The number of benzene rings is 1. The zero-order valence-electron chi connectivity index (χ0n) is 6.36. The SMILES string of the molecule is Oc1ccc(C2=CCSS2)cc1. The summed E-state index contributed by atoms with van der Waals surface area (Å²) in [6.07, 6.45) is 2.21. The van der Waals surface area contributed by atoms with Crippen LogP contribution in [0.15, 0.2) is 30.3 Å². The average Bonchev–Trinajstić information content (AvgIpc) is 2.58. The van der Waals surface area contributed by atoms with Crippen LogP contribution in [0.1, 0.15) is 5.56 Å². The van der Waals surface area contributed by atoms with Gasteiger partial charge < -0.3 is 5.11 Å². The van der Waals surface area contributed by atoms with Gasteiger partial charge in [-0.15, -0.1) is 0 Å². The Kier molecular flexibility index (Phi) is 2.33. The Hall–Kier alpha value is -0.540. The zero-order chi connectivity index (χ0) is 8.39. The maximum atomic E-state index is 9.07. The van der Waals surface area contributed by atoms with Crippen molar-refractivity contribution in [2.24, 2.45) is 0 Å². The third-order valence-electron chi connectivity index (χ3n) is 1.64. The molecule has 0 radical (unpaired) electrons. The molecule has 0 saturated heterocycles. The molecule has 1 heterocycles. The highest BCUT2D eigenvalue weighted by Crippen LogP contribution is 2.42. The van der Waals surface area contributed by atoms with Crippen LogP contribution in [0.25, 0.3) is 4.91 Å². The molecule has 1 nitrogen and oxygen atoms in total. The number of hydrogen-bond donors (Lipinski definition) is 1. The topological polar surface area (TPSA) is 20.2 Å². The zero-order valence-corrected chi connectivity index (χ0v) is 7.99. The van der Waals surface area contributed by atoms with Crippen LogP contribution in [0.2, 0.25) is 0 Å². The molecule has 1 aromatic carbocycles. The minimum atomic E-state index is 0.329. The van der Waals surface area contributed by atoms with Gasteiger partial charge in [-0.2, -0.15) is 0 Å². The summed E-state index contributed by atoms with van der Waals surface area (Å²) in [5, 5.41) is 9.07. The van der Waals surface area contributed by atoms with Crippen molar-refractivity contribution >= 4 is 26.5 Å². The van der Waals surface area contributed by atoms with E-state index in [0.717, 1.165) is 5.75 Å². The highest BCUT2D eigenvalue weighted by Gasteiger charge is 2.07. The standard InChI is InChI=1S/C9H8OS2/c10-8-3-1-7(2-4-8)9-5-6-11-12-9/h1-5,10H,6H2. The fraction of sp³-hybridized carbons (Fsp3) is 0.111. The van der Waals surface area contributed by atoms with E-state index < -0.39 is 0 Å². The van der Waals surface area contributed by atoms with Gasteiger partial charge in [0.05, 0.1) is 0 Å². The normalized spacial score (nSPS) is 16.2. The van der Waals surface area contributed by atoms with Crippen molar-refractivity contribution < 1.29 is 5.11 Å². The Morgan fingerprint density at radius 1 is 1.17 bits per heavy atom. The molecule has 0 spiro atoms. The van der Waals surface area contributed by atoms with Crippen LogP contribution in [0, 0.1) is 0 Å². The van der Waals surface area contributed by atoms with Crippen molar-refractivity contribution in [3.05, 3.63) is 35.9 Å². The quantitative estimate of drug-likeness (QED) is 0.697. The molecule has 2 rings (SSSR count). The van der Waals surface area contributed by atoms with E-state index in [0.29, 0.717) is 5.75 Å². The Morgan fingerprint density at radius 2 is 1.92 bits per heavy atom. The second-order valence-electron chi connectivity index (χ2n) is 2.48. The van der Waals surface area contributed by atoms with E-state index in [-0.39, 0.29) is 0 Å². The van der Waals surface area contributed by atoms with Gasteiger partial charge in [-0.05, 0) is 17.7 Å². The fourth-order valence-electron chi connectivity index (χ4n) is 1.03. The molecule has 1 aliphatic rings. The molecule has 0 aliphatic carbocycles. The van der Waals surface area contributed by atoms with E-state index in [1.54, 1.807) is 22.9 Å². The average molecular weight is 196 g/mol. The molecular formula is C9H8OS2. The lowest BCUT2D eigenvalue weighted by molar-refractivity contribution is 0.475. The van der Waals surface area contributed by atoms with Gasteiger partial charge in [0, 0.05) is 10.7 Å². The van der Waals surface area contributed by atoms with Gasteiger partial charge in [0.25, 0.3) is 0 Å². The lowest BCUT2D eigenvalue weighted by Crippen LogP contribution is -1.74. The highest BCUT2D eigenvalue weighted by atomic mass is 33.1. The first-order chi connectivity index (χ1) is 5.86. The molecule has 0 fully saturated rings. The van der Waals surface area contributed by atoms with Gasteiger partial charge in [0.2, 0.25) is 0 Å². The minimum Gasteiger partial charge on any atom is -0.508 e. The summed E-state index contributed by atoms with van der Waals surface area (Å²) in [5.41, 5.74) is 1.20. The third kappa shape index (κ3) is 1.62. The van der Waals surface area contributed by atoms with E-state index in [2.05, 4.69) is 6.08 Å². The van der Waals surface area contributed by atoms with Gasteiger partial charge in [-0.1, -0.05) is 39.8 Å². The molecule has 62 valence electrons. The Labute approximate surface area is 79.3 Å². The summed E-state index contributed by atoms with van der Waals surface area (Å²) in [7, 11) is 3.64. The first-order valence-corrected chi connectivity index (χ1v) is 5.97. The van der Waals surface area contributed by atoms with Crippen LogP contribution in [0.4, 0.5) is 0 Å². The second-order valence-corrected chi connectivity index (χ2v) is 4.87. The summed E-state index contributed by atoms with van der Waals surface area (Å²) in [6, 6.07) is 7.33. The van der Waals surface area contributed by atoms with Crippen molar-refractivity contribution in [3.63, 3.8) is 0 Å². The van der Waals surface area contributed by atoms with Crippen LogP contribution in [0.5, 0.6) is 5.75 Å². The monoisotopic (exact) mass is 196 g/mol. The van der Waals surface area contributed by atoms with Crippen LogP contribution < -0.4 is 0 Å². The van der Waals surface area contributed by atoms with Gasteiger partial charge >= 0.3 is 0 Å². The molecule has 0 aromatic heterocycles. The minimum absolute atomic E-state index is 0.329. The van der Waals surface area contributed by atoms with Gasteiger partial charge in [0.1, 0.15) is 5.75 Å². The van der Waals surface area contributed by atoms with Gasteiger partial charge in [-0.25, -0.2) is 0 Å². The molecule has 0 amide bonds. The summed E-state index contributed by atoms with van der Waals surface area (Å²) >= 11 is 0. The number of phenols is 1. The predicted octanol–water partition coefficient (Wildman–Crippen LogP) is 3.13. The summed E-state index contributed by atoms with van der Waals surface area (Å²) in [6.45, 7) is 0. The predicted molar refractivity (Wildman–Crippen MR) is 56.1 cm³/mol. The molecule has 1 aliphatic heterocycles. The Balaban J connectivity index is 2.28. The van der Waals surface area contributed by atoms with Gasteiger partial charge in [0.15, 0.2) is 0 Å². The fourth-order valence-corrected chi connectivity index (χ4v) is 3.23. The van der Waals surface area contributed by atoms with Crippen molar-refractivity contribution in [2.45, 2.75) is 0 Å². The van der Waals surface area contributed by atoms with E-state index in [1.165, 1.54) is 10.5 Å². The summed E-state index contributed by atoms with van der Waals surface area (Å²) < 4.78 is 0. The third-order valence-corrected chi connectivity index (χ3v) is 3.94. The number of phenolic OH excluding ortho intramolecular Hbond substituents is 1. The molecule has 0 bridgehead atoms. The van der Waals surface area contributed by atoms with Crippen LogP contribution in [-0.2, 0) is 0 Å². The van der Waals surface area contributed by atoms with Crippen molar-refractivity contribution in [3.8, 4) is 5.75 Å². The number of hydrogen-bond acceptors (Lipinski definition) is 3. The molecule has 0 unspecified atom stereocenters. The summed E-state index contributed by atoms with van der Waals surface area (Å²) in [4.78, 5) is 1.31. The highest BCUT2D eigenvalue weighted by molar-refractivity contribution is 8.80. The van der Waals surface area contributed by atoms with Crippen molar-refractivity contribution in [1.82, 2.24) is 0 Å². The molecule has 0 saturated carbocycles. The van der Waals surface area contributed by atoms with E-state index in [4.69, 9.17) is 5.11 Å². The van der Waals surface area contributed by atoms with E-state index in [1.807, 2.05) is 22.9 Å².